The fraction of sp³-hybridized carbons (Fsp3) is 0.479. The van der Waals surface area contributed by atoms with Gasteiger partial charge in [0.1, 0.15) is 55.4 Å². The van der Waals surface area contributed by atoms with Crippen LogP contribution in [-0.2, 0) is 59.5 Å². The third kappa shape index (κ3) is 20.0. The molecule has 17 rings (SSSR count). The molecule has 4 aromatic carbocycles. The number of piperazine rings is 3. The van der Waals surface area contributed by atoms with Crippen molar-refractivity contribution in [3.63, 3.8) is 0 Å². The zero-order valence-electron chi connectivity index (χ0n) is 71.8. The number of nitrogens with zero attached hydrogens (tertiary/aromatic N) is 22. The topological polar surface area (TPSA) is 221 Å². The molecule has 0 aliphatic carbocycles. The van der Waals surface area contributed by atoms with Crippen LogP contribution in [0.25, 0.3) is 36.1 Å². The number of alkyl halides is 3. The molecule has 652 valence electrons. The monoisotopic (exact) mass is 1700 g/mol. The quantitative estimate of drug-likeness (QED) is 0.0393. The molecule has 0 N–H and O–H groups in total. The Morgan fingerprint density at radius 2 is 0.848 bits per heavy atom. The number of hydrogen-bond donors (Lipinski definition) is 0. The summed E-state index contributed by atoms with van der Waals surface area (Å²) in [6.07, 6.45) is 10.2. The zero-order chi connectivity index (χ0) is 87.3. The molecule has 3 amide bonds. The number of amides is 3. The zero-order valence-corrected chi connectivity index (χ0v) is 71.8. The average molecular weight is 1700 g/mol. The van der Waals surface area contributed by atoms with Crippen LogP contribution in [0.2, 0.25) is 0 Å². The van der Waals surface area contributed by atoms with Crippen LogP contribution in [0, 0.1) is 31.6 Å². The van der Waals surface area contributed by atoms with Gasteiger partial charge in [0.25, 0.3) is 5.91 Å². The van der Waals surface area contributed by atoms with E-state index in [-0.39, 0.29) is 79.8 Å². The van der Waals surface area contributed by atoms with Crippen LogP contribution in [0.4, 0.5) is 47.7 Å². The molecule has 8 aromatic rings. The lowest BCUT2D eigenvalue weighted by atomic mass is 10.0. The average Bonchev–Trinajstić information content (AvgIpc) is 0.827. The second-order valence-corrected chi connectivity index (χ2v) is 33.5. The number of ether oxygens (including phenoxy) is 3. The number of hydrogen-bond acceptors (Lipinski definition) is 22. The van der Waals surface area contributed by atoms with Crippen molar-refractivity contribution in [2.75, 3.05) is 188 Å². The molecule has 0 bridgehead atoms. The summed E-state index contributed by atoms with van der Waals surface area (Å²) in [5.41, 5.74) is 7.36. The van der Waals surface area contributed by atoms with Crippen molar-refractivity contribution in [3.05, 3.63) is 202 Å². The highest BCUT2D eigenvalue weighted by Gasteiger charge is 2.42. The first-order valence-electron chi connectivity index (χ1n) is 43.5. The molecular formula is C94H109F3N22O6. The molecule has 0 radical (unpaired) electrons. The SMILES string of the molecule is [C-]#[N+]CC1CN(c2nc(OC[C@@H]3CCCN3C)nc3c2CCN(c2cccc4ccccc24)C3)CCN1C(=O)C#CC.[C-]#[N+]CC1CN(c2nc(OC[C@@H]3CCCN3C)nc3c2CCN(c2ccncc2C(F)(F)F)C3)CCN1C(=O)C=C.[C-]#[N+]C[C@H]1CN(c2nc(OC[C@@H]3CCCCN3C)nc3c2CCN(c2cccc4ccccc24)C3)CCN1C(=O)C=C. The fourth-order valence-corrected chi connectivity index (χ4v) is 19.0. The Hall–Kier alpha value is -12.4. The Kier molecular flexibility index (Phi) is 28.0. The molecule has 6 saturated heterocycles. The normalized spacial score (nSPS) is 21.0. The molecule has 6 fully saturated rings. The van der Waals surface area contributed by atoms with E-state index in [1.165, 1.54) is 76.6 Å². The molecule has 28 nitrogen and oxygen atoms in total. The smallest absolute Gasteiger partial charge is 0.419 e. The van der Waals surface area contributed by atoms with Crippen LogP contribution in [0.15, 0.2) is 129 Å². The number of anilines is 6. The maximum absolute atomic E-state index is 13.8. The molecule has 31 heteroatoms. The Morgan fingerprint density at radius 3 is 1.24 bits per heavy atom. The summed E-state index contributed by atoms with van der Waals surface area (Å²) < 4.78 is 60.1. The molecule has 125 heavy (non-hydrogen) atoms. The first kappa shape index (κ1) is 87.5. The van der Waals surface area contributed by atoms with Gasteiger partial charge in [-0.1, -0.05) is 98.3 Å². The highest BCUT2D eigenvalue weighted by atomic mass is 19.4. The van der Waals surface area contributed by atoms with E-state index >= 15 is 0 Å². The van der Waals surface area contributed by atoms with E-state index in [0.29, 0.717) is 140 Å². The first-order chi connectivity index (χ1) is 60.8. The van der Waals surface area contributed by atoms with Gasteiger partial charge in [-0.15, -0.1) is 0 Å². The minimum atomic E-state index is -4.54. The third-order valence-corrected chi connectivity index (χ3v) is 25.9. The van der Waals surface area contributed by atoms with Crippen molar-refractivity contribution in [1.29, 1.82) is 0 Å². The van der Waals surface area contributed by atoms with Crippen molar-refractivity contribution in [1.82, 2.24) is 64.3 Å². The van der Waals surface area contributed by atoms with Crippen molar-refractivity contribution < 1.29 is 41.8 Å². The maximum Gasteiger partial charge on any atom is 0.419 e. The van der Waals surface area contributed by atoms with Crippen molar-refractivity contribution in [3.8, 4) is 29.9 Å². The highest BCUT2D eigenvalue weighted by molar-refractivity contribution is 5.96. The lowest BCUT2D eigenvalue weighted by Crippen LogP contribution is -2.56. The summed E-state index contributed by atoms with van der Waals surface area (Å²) in [5, 5.41) is 4.92. The molecule has 9 aliphatic rings. The number of likely N-dealkylation sites (tertiary alicyclic amines) is 3. The summed E-state index contributed by atoms with van der Waals surface area (Å²) in [4.78, 5) is 107. The number of carbonyl (C=O) groups is 3. The molecule has 0 saturated carbocycles. The summed E-state index contributed by atoms with van der Waals surface area (Å²) in [5.74, 6) is 7.20. The number of benzene rings is 4. The van der Waals surface area contributed by atoms with Crippen LogP contribution in [-0.4, -0.2) is 277 Å². The predicted octanol–water partition coefficient (Wildman–Crippen LogP) is 10.9. The van der Waals surface area contributed by atoms with Gasteiger partial charge in [0, 0.05) is 148 Å². The van der Waals surface area contributed by atoms with E-state index in [4.69, 9.17) is 63.8 Å². The van der Waals surface area contributed by atoms with Gasteiger partial charge in [-0.25, -0.2) is 19.7 Å². The molecule has 13 heterocycles. The van der Waals surface area contributed by atoms with Crippen molar-refractivity contribution >= 4 is 73.8 Å². The van der Waals surface area contributed by atoms with Crippen molar-refractivity contribution in [2.24, 2.45) is 0 Å². The number of carbonyl (C=O) groups excluding carboxylic acids is 3. The van der Waals surface area contributed by atoms with Crippen LogP contribution in [0.5, 0.6) is 18.0 Å². The summed E-state index contributed by atoms with van der Waals surface area (Å²) in [6, 6.07) is 32.4. The largest absolute Gasteiger partial charge is 0.462 e. The van der Waals surface area contributed by atoms with Crippen molar-refractivity contribution in [2.45, 2.75) is 133 Å². The van der Waals surface area contributed by atoms with Crippen LogP contribution in [0.1, 0.15) is 91.2 Å². The number of rotatable bonds is 20. The van der Waals surface area contributed by atoms with Gasteiger partial charge in [0.15, 0.2) is 0 Å². The number of pyridine rings is 1. The van der Waals surface area contributed by atoms with Gasteiger partial charge in [-0.05, 0) is 153 Å². The van der Waals surface area contributed by atoms with Crippen LogP contribution >= 0.6 is 0 Å². The molecule has 4 aromatic heterocycles. The maximum atomic E-state index is 13.8. The Labute approximate surface area is 729 Å². The molecule has 0 spiro atoms. The second kappa shape index (κ2) is 40.0. The molecule has 9 aliphatic heterocycles. The Bertz CT molecular complexity index is 5440. The minimum Gasteiger partial charge on any atom is -0.462 e. The lowest BCUT2D eigenvalue weighted by Gasteiger charge is -2.41. The number of halogens is 3. The molecule has 6 atom stereocenters. The van der Waals surface area contributed by atoms with E-state index in [2.05, 4.69) is 178 Å². The van der Waals surface area contributed by atoms with E-state index in [1.807, 2.05) is 11.9 Å². The van der Waals surface area contributed by atoms with E-state index < -0.39 is 11.7 Å². The summed E-state index contributed by atoms with van der Waals surface area (Å²) in [6.45, 7) is 44.8. The predicted molar refractivity (Wildman–Crippen MR) is 477 cm³/mol. The van der Waals surface area contributed by atoms with Crippen LogP contribution < -0.4 is 43.6 Å². The van der Waals surface area contributed by atoms with Gasteiger partial charge >= 0.3 is 24.2 Å². The standard InChI is InChI=1S/C33H37N7O2.C33H39N7O2.C28H33F3N8O2/c1-4-9-31(41)40-19-18-39(21-26(40)20-34-2)32-28-15-17-38(30-14-7-11-24-10-5-6-13-27(24)30)22-29(28)35-33(36-32)42-23-25-12-8-16-37(25)3;1-4-31(41)40-19-18-39(21-26(40)20-34-2)32-28-15-17-38(30-14-9-11-24-10-5-6-13-27(24)30)22-29(28)35-33(36-32)42-23-25-12-7-8-16-37(25)3;1-4-25(40)39-13-12-38(16-20(39)14-32-2)26-21-8-11-37(24-7-9-33-15-22(24)28(29,30)31)17-23(21)34-27(35-26)41-18-19-6-5-10-36(19)3/h5-7,10-11,13-14,25-26H,8,12,15-23H2,1,3H3;4-6,9-11,13-14,25-26H,1,7-8,12,15-23H2,3H3;4,7,9,15,19-20H,1,5-6,8,10-14,16-18H2,3H3/t25-,26?;25-,26-;19-,20?/m000/s1. The van der Waals surface area contributed by atoms with Crippen LogP contribution in [0.3, 0.4) is 0 Å². The highest BCUT2D eigenvalue weighted by Crippen LogP contribution is 2.42. The van der Waals surface area contributed by atoms with E-state index in [0.717, 1.165) is 117 Å². The molecule has 2 unspecified atom stereocenters. The van der Waals surface area contributed by atoms with E-state index in [9.17, 15) is 27.6 Å². The van der Waals surface area contributed by atoms with Gasteiger partial charge in [-0.2, -0.15) is 43.1 Å². The number of fused-ring (bicyclic) bond motifs is 5. The Morgan fingerprint density at radius 1 is 0.464 bits per heavy atom. The lowest BCUT2D eigenvalue weighted by molar-refractivity contribution is -0.137. The minimum absolute atomic E-state index is 0.0574. The fourth-order valence-electron chi connectivity index (χ4n) is 19.0. The third-order valence-electron chi connectivity index (χ3n) is 25.9. The first-order valence-corrected chi connectivity index (χ1v) is 43.5. The number of aromatic nitrogens is 7. The Balaban J connectivity index is 0.000000145. The van der Waals surface area contributed by atoms with Gasteiger partial charge in [0.05, 0.1) is 48.0 Å². The number of likely N-dealkylation sites (N-methyl/N-ethyl adjacent to an activating group) is 3. The van der Waals surface area contributed by atoms with Gasteiger partial charge < -0.3 is 87.5 Å². The van der Waals surface area contributed by atoms with Gasteiger partial charge in [-0.3, -0.25) is 19.4 Å². The molecular weight excluding hydrogens is 1590 g/mol. The van der Waals surface area contributed by atoms with Gasteiger partial charge in [0.2, 0.25) is 31.4 Å². The number of piperidine rings is 1. The summed E-state index contributed by atoms with van der Waals surface area (Å²) >= 11 is 0. The second-order valence-electron chi connectivity index (χ2n) is 33.5. The van der Waals surface area contributed by atoms with E-state index in [1.54, 1.807) is 26.5 Å². The summed E-state index contributed by atoms with van der Waals surface area (Å²) in [7, 11) is 6.35.